The van der Waals surface area contributed by atoms with Crippen LogP contribution in [0.1, 0.15) is 58.6 Å². The summed E-state index contributed by atoms with van der Waals surface area (Å²) in [5.41, 5.74) is 15.6. The number of hydrogen-bond donors (Lipinski definition) is 0. The second kappa shape index (κ2) is 12.0. The Morgan fingerprint density at radius 1 is 0.783 bits per heavy atom. The normalized spacial score (nSPS) is 16.8. The van der Waals surface area contributed by atoms with E-state index in [-0.39, 0.29) is 5.92 Å². The fraction of sp³-hybridized carbons (Fsp3) is 0.195. The number of furan rings is 1. The Morgan fingerprint density at radius 3 is 2.04 bits per heavy atom. The topological polar surface area (TPSA) is 13.1 Å². The molecule has 1 fully saturated rings. The molecule has 0 amide bonds. The molecule has 8 rings (SSSR count). The van der Waals surface area contributed by atoms with Crippen molar-refractivity contribution in [3.63, 3.8) is 0 Å². The van der Waals surface area contributed by atoms with Crippen molar-refractivity contribution < 1.29 is 23.8 Å². The van der Waals surface area contributed by atoms with Gasteiger partial charge < -0.3 is 0 Å². The van der Waals surface area contributed by atoms with Gasteiger partial charge in [0, 0.05) is 0 Å². The molecule has 5 heteroatoms. The Hall–Kier alpha value is -2.81. The third kappa shape index (κ3) is 4.84. The molecule has 4 aromatic carbocycles. The van der Waals surface area contributed by atoms with Crippen molar-refractivity contribution in [1.82, 2.24) is 0 Å². The average Bonchev–Trinajstić information content (AvgIpc) is 3.70. The first-order valence-corrected chi connectivity index (χ1v) is 25.6. The Balaban J connectivity index is 1.53. The van der Waals surface area contributed by atoms with Crippen molar-refractivity contribution in [2.75, 3.05) is 0 Å². The van der Waals surface area contributed by atoms with Crippen molar-refractivity contribution in [2.24, 2.45) is 0 Å². The molecule has 0 saturated carbocycles. The number of fused-ring (bicyclic) bond motifs is 2. The van der Waals surface area contributed by atoms with E-state index in [1.807, 2.05) is 6.92 Å². The van der Waals surface area contributed by atoms with Crippen LogP contribution in [0.4, 0.5) is 0 Å². The third-order valence-electron chi connectivity index (χ3n) is 10.3. The summed E-state index contributed by atoms with van der Waals surface area (Å²) < 4.78 is 7.68. The zero-order chi connectivity index (χ0) is 31.7. The Kier molecular flexibility index (Phi) is 7.97. The van der Waals surface area contributed by atoms with Gasteiger partial charge in [0.25, 0.3) is 0 Å². The van der Waals surface area contributed by atoms with Gasteiger partial charge in [-0.05, 0) is 0 Å². The van der Waals surface area contributed by atoms with E-state index in [2.05, 4.69) is 118 Å². The molecule has 0 bridgehead atoms. The van der Waals surface area contributed by atoms with E-state index in [1.165, 1.54) is 93.8 Å². The number of halogens is 2. The number of aryl methyl sites for hydroxylation is 2. The molecule has 1 nitrogen and oxygen atoms in total. The standard InChI is InChI=1S/C41H35OSi.2ClH.Zr/c1-25-16-18-32-33(37(25)29-12-7-5-8-13-29)24-34(35-19-17-27(3)42-35)41(32)38-26(2)22-31-23-36(43-20-11-21-43)28(4)39(40(31)38)30-14-9-6-10-15-30;;;/h5-10,12-19,23-24,41H,11,20-21H2,1-4H3;2*1H;/q;;;+2/p-2. The van der Waals surface area contributed by atoms with Gasteiger partial charge >= 0.3 is 290 Å². The molecule has 1 aliphatic heterocycles. The maximum absolute atomic E-state index is 7.15. The van der Waals surface area contributed by atoms with Crippen LogP contribution in [-0.2, 0) is 19.4 Å². The van der Waals surface area contributed by atoms with Crippen LogP contribution in [0.3, 0.4) is 0 Å². The predicted octanol–water partition coefficient (Wildman–Crippen LogP) is 11.4. The van der Waals surface area contributed by atoms with Crippen molar-refractivity contribution in [3.05, 3.63) is 146 Å². The van der Waals surface area contributed by atoms with Gasteiger partial charge in [0.15, 0.2) is 0 Å². The van der Waals surface area contributed by atoms with Crippen LogP contribution in [0, 0.1) is 25.6 Å². The monoisotopic (exact) mass is 731 g/mol. The van der Waals surface area contributed by atoms with Gasteiger partial charge in [0.05, 0.1) is 0 Å². The minimum absolute atomic E-state index is 0.0127. The van der Waals surface area contributed by atoms with Crippen molar-refractivity contribution >= 4 is 45.9 Å². The third-order valence-corrected chi connectivity index (χ3v) is 18.2. The number of allylic oxidation sites excluding steroid dienone is 2. The van der Waals surface area contributed by atoms with Crippen LogP contribution in [0.5, 0.6) is 0 Å². The van der Waals surface area contributed by atoms with Crippen LogP contribution in [0.25, 0.3) is 42.8 Å². The maximum atomic E-state index is 7.15. The molecule has 0 radical (unpaired) electrons. The molecule has 46 heavy (non-hydrogen) atoms. The molecule has 1 aromatic heterocycles. The van der Waals surface area contributed by atoms with E-state index < -0.39 is 27.8 Å². The summed E-state index contributed by atoms with van der Waals surface area (Å²) in [5.74, 6) is 1.83. The molecule has 227 valence electrons. The number of hydrogen-bond acceptors (Lipinski definition) is 1. The van der Waals surface area contributed by atoms with E-state index in [0.717, 1.165) is 11.5 Å². The van der Waals surface area contributed by atoms with Crippen molar-refractivity contribution in [3.8, 4) is 22.3 Å². The average molecular weight is 734 g/mol. The fourth-order valence-corrected chi connectivity index (χ4v) is 15.1. The van der Waals surface area contributed by atoms with Crippen LogP contribution in [0.15, 0.2) is 101 Å². The number of benzene rings is 4. The zero-order valence-electron chi connectivity index (χ0n) is 26.6. The molecule has 1 atom stereocenters. The van der Waals surface area contributed by atoms with Crippen molar-refractivity contribution in [2.45, 2.75) is 52.1 Å². The fourth-order valence-electron chi connectivity index (χ4n) is 8.00. The summed E-state index contributed by atoms with van der Waals surface area (Å²) in [4.78, 5) is 1.57. The van der Waals surface area contributed by atoms with E-state index in [0.29, 0.717) is 0 Å². The molecule has 0 N–H and O–H groups in total. The van der Waals surface area contributed by atoms with E-state index in [4.69, 9.17) is 21.4 Å². The second-order valence-corrected chi connectivity index (χ2v) is 23.8. The van der Waals surface area contributed by atoms with Gasteiger partial charge in [0.1, 0.15) is 0 Å². The molecule has 1 saturated heterocycles. The minimum atomic E-state index is -2.91. The molecular formula is C41H35Cl2OSiZr. The van der Waals surface area contributed by atoms with Crippen LogP contribution < -0.4 is 5.22 Å². The SMILES string of the molecule is CC1=[C]([Zr]([Cl])[Cl])c2cc(=[Si]3CCC3)c(C)c(-c3ccccc3)c2=C1C1C(c2ccc(C)o2)=Cc2c1ccc(C)c2-c1ccccc1. The van der Waals surface area contributed by atoms with E-state index >= 15 is 0 Å². The van der Waals surface area contributed by atoms with Gasteiger partial charge in [-0.1, -0.05) is 0 Å². The van der Waals surface area contributed by atoms with Gasteiger partial charge in [-0.3, -0.25) is 0 Å². The van der Waals surface area contributed by atoms with Gasteiger partial charge in [0.2, 0.25) is 0 Å². The van der Waals surface area contributed by atoms with Gasteiger partial charge in [-0.15, -0.1) is 0 Å². The Morgan fingerprint density at radius 2 is 1.46 bits per heavy atom. The van der Waals surface area contributed by atoms with Gasteiger partial charge in [-0.2, -0.15) is 0 Å². The summed E-state index contributed by atoms with van der Waals surface area (Å²) in [5, 5.41) is 1.33. The molecule has 3 aliphatic rings. The Bertz CT molecular complexity index is 2240. The Labute approximate surface area is 287 Å². The van der Waals surface area contributed by atoms with Crippen LogP contribution >= 0.6 is 17.0 Å². The first-order valence-electron chi connectivity index (χ1n) is 16.2. The summed E-state index contributed by atoms with van der Waals surface area (Å²) >= 11 is -2.91. The molecule has 2 aliphatic carbocycles. The van der Waals surface area contributed by atoms with Crippen molar-refractivity contribution in [1.29, 1.82) is 0 Å². The van der Waals surface area contributed by atoms with Crippen LogP contribution in [-0.4, -0.2) is 8.41 Å². The zero-order valence-corrected chi connectivity index (χ0v) is 31.6. The van der Waals surface area contributed by atoms with Gasteiger partial charge in [-0.25, -0.2) is 0 Å². The first-order chi connectivity index (χ1) is 22.3. The summed E-state index contributed by atoms with van der Waals surface area (Å²) in [6, 6.07) is 35.9. The van der Waals surface area contributed by atoms with E-state index in [1.54, 1.807) is 4.81 Å². The van der Waals surface area contributed by atoms with Crippen LogP contribution in [0.2, 0.25) is 12.1 Å². The second-order valence-electron chi connectivity index (χ2n) is 12.9. The van der Waals surface area contributed by atoms with E-state index in [9.17, 15) is 0 Å². The number of rotatable bonds is 5. The quantitative estimate of drug-likeness (QED) is 0.164. The molecule has 0 spiro atoms. The molecular weight excluding hydrogens is 699 g/mol. The molecule has 5 aromatic rings. The summed E-state index contributed by atoms with van der Waals surface area (Å²) in [6.07, 6.45) is 3.74. The molecule has 2 heterocycles. The predicted molar refractivity (Wildman–Crippen MR) is 193 cm³/mol. The summed E-state index contributed by atoms with van der Waals surface area (Å²) in [7, 11) is 13.7. The summed E-state index contributed by atoms with van der Waals surface area (Å²) in [6.45, 7) is 8.91. The molecule has 1 unspecified atom stereocenters. The first kappa shape index (κ1) is 30.5.